The second kappa shape index (κ2) is 7.57. The fraction of sp³-hybridized carbons (Fsp3) is 0.0800. The van der Waals surface area contributed by atoms with Crippen LogP contribution < -0.4 is 9.47 Å². The minimum Gasteiger partial charge on any atom is -0.497 e. The van der Waals surface area contributed by atoms with Crippen LogP contribution in [0.3, 0.4) is 0 Å². The Labute approximate surface area is 164 Å². The number of ether oxygens (including phenoxy) is 2. The molecule has 3 nitrogen and oxygen atoms in total. The molecule has 4 aromatic carbocycles. The standard InChI is InChI=1S/C25H20O3/c1-27-22-8-4-6-18(15-22)19-9-11-23-20(14-19)10-12-24(28-2)25(23)21-7-3-5-17(13-21)16-26/h3-16H,1-2H3. The molecule has 138 valence electrons. The Bertz CT molecular complexity index is 1160. The second-order valence-corrected chi connectivity index (χ2v) is 6.55. The molecular weight excluding hydrogens is 348 g/mol. The molecule has 0 aliphatic rings. The zero-order valence-electron chi connectivity index (χ0n) is 15.8. The van der Waals surface area contributed by atoms with Crippen molar-refractivity contribution in [3.05, 3.63) is 84.4 Å². The van der Waals surface area contributed by atoms with Crippen molar-refractivity contribution < 1.29 is 14.3 Å². The Morgan fingerprint density at radius 1 is 0.714 bits per heavy atom. The average molecular weight is 368 g/mol. The Morgan fingerprint density at radius 2 is 1.50 bits per heavy atom. The molecule has 28 heavy (non-hydrogen) atoms. The molecule has 0 fully saturated rings. The van der Waals surface area contributed by atoms with E-state index < -0.39 is 0 Å². The molecule has 0 heterocycles. The molecule has 0 aromatic heterocycles. The number of benzene rings is 4. The smallest absolute Gasteiger partial charge is 0.150 e. The molecule has 0 bridgehead atoms. The highest BCUT2D eigenvalue weighted by Crippen LogP contribution is 2.39. The summed E-state index contributed by atoms with van der Waals surface area (Å²) in [5, 5.41) is 2.18. The van der Waals surface area contributed by atoms with Gasteiger partial charge in [-0.1, -0.05) is 48.5 Å². The molecule has 4 rings (SSSR count). The summed E-state index contributed by atoms with van der Waals surface area (Å²) in [7, 11) is 3.34. The summed E-state index contributed by atoms with van der Waals surface area (Å²) in [5.41, 5.74) is 4.80. The third-order valence-electron chi connectivity index (χ3n) is 4.92. The highest BCUT2D eigenvalue weighted by molar-refractivity contribution is 6.02. The van der Waals surface area contributed by atoms with Gasteiger partial charge in [0.1, 0.15) is 17.8 Å². The molecule has 0 N–H and O–H groups in total. The topological polar surface area (TPSA) is 35.5 Å². The van der Waals surface area contributed by atoms with Gasteiger partial charge in [0.15, 0.2) is 0 Å². The number of methoxy groups -OCH3 is 2. The fourth-order valence-corrected chi connectivity index (χ4v) is 3.53. The van der Waals surface area contributed by atoms with Gasteiger partial charge in [-0.05, 0) is 57.8 Å². The number of hydrogen-bond donors (Lipinski definition) is 0. The van der Waals surface area contributed by atoms with Crippen LogP contribution in [0.15, 0.2) is 78.9 Å². The van der Waals surface area contributed by atoms with Crippen LogP contribution in [0.5, 0.6) is 11.5 Å². The quantitative estimate of drug-likeness (QED) is 0.405. The fourth-order valence-electron chi connectivity index (χ4n) is 3.53. The van der Waals surface area contributed by atoms with Gasteiger partial charge in [0.25, 0.3) is 0 Å². The molecule has 0 radical (unpaired) electrons. The monoisotopic (exact) mass is 368 g/mol. The zero-order chi connectivity index (χ0) is 19.5. The maximum Gasteiger partial charge on any atom is 0.150 e. The SMILES string of the molecule is COc1cccc(-c2ccc3c(-c4cccc(C=O)c4)c(OC)ccc3c2)c1. The number of fused-ring (bicyclic) bond motifs is 1. The van der Waals surface area contributed by atoms with E-state index in [1.807, 2.05) is 42.5 Å². The molecule has 0 saturated carbocycles. The number of carbonyl (C=O) groups is 1. The Kier molecular flexibility index (Phi) is 4.81. The largest absolute Gasteiger partial charge is 0.497 e. The van der Waals surface area contributed by atoms with Crippen LogP contribution in [-0.2, 0) is 0 Å². The second-order valence-electron chi connectivity index (χ2n) is 6.55. The molecule has 0 aliphatic heterocycles. The minimum absolute atomic E-state index is 0.643. The van der Waals surface area contributed by atoms with E-state index in [-0.39, 0.29) is 0 Å². The predicted octanol–water partition coefficient (Wildman–Crippen LogP) is 6.00. The van der Waals surface area contributed by atoms with E-state index in [0.717, 1.165) is 50.8 Å². The maximum absolute atomic E-state index is 11.2. The Balaban J connectivity index is 1.91. The maximum atomic E-state index is 11.2. The normalized spacial score (nSPS) is 10.6. The van der Waals surface area contributed by atoms with E-state index in [0.29, 0.717) is 5.56 Å². The van der Waals surface area contributed by atoms with Crippen LogP contribution in [0.4, 0.5) is 0 Å². The van der Waals surface area contributed by atoms with Gasteiger partial charge < -0.3 is 9.47 Å². The van der Waals surface area contributed by atoms with E-state index in [2.05, 4.69) is 30.3 Å². The summed E-state index contributed by atoms with van der Waals surface area (Å²) in [6, 6.07) is 26.0. The molecular formula is C25H20O3. The molecule has 0 spiro atoms. The van der Waals surface area contributed by atoms with E-state index >= 15 is 0 Å². The summed E-state index contributed by atoms with van der Waals surface area (Å²) in [5.74, 6) is 1.61. The summed E-state index contributed by atoms with van der Waals surface area (Å²) in [4.78, 5) is 11.2. The lowest BCUT2D eigenvalue weighted by molar-refractivity contribution is 0.112. The first kappa shape index (κ1) is 17.8. The van der Waals surface area contributed by atoms with Crippen LogP contribution in [0.25, 0.3) is 33.0 Å². The van der Waals surface area contributed by atoms with Gasteiger partial charge in [-0.2, -0.15) is 0 Å². The first-order valence-electron chi connectivity index (χ1n) is 9.04. The van der Waals surface area contributed by atoms with Gasteiger partial charge in [0.05, 0.1) is 14.2 Å². The molecule has 0 atom stereocenters. The number of carbonyl (C=O) groups excluding carboxylic acids is 1. The van der Waals surface area contributed by atoms with Crippen molar-refractivity contribution in [2.75, 3.05) is 14.2 Å². The number of aldehydes is 1. The Morgan fingerprint density at radius 3 is 2.29 bits per heavy atom. The van der Waals surface area contributed by atoms with E-state index in [4.69, 9.17) is 9.47 Å². The molecule has 0 saturated heterocycles. The lowest BCUT2D eigenvalue weighted by Crippen LogP contribution is -1.91. The minimum atomic E-state index is 0.643. The van der Waals surface area contributed by atoms with Crippen molar-refractivity contribution in [3.63, 3.8) is 0 Å². The number of hydrogen-bond acceptors (Lipinski definition) is 3. The van der Waals surface area contributed by atoms with Gasteiger partial charge in [-0.3, -0.25) is 4.79 Å². The number of rotatable bonds is 5. The van der Waals surface area contributed by atoms with Crippen LogP contribution in [0.1, 0.15) is 10.4 Å². The van der Waals surface area contributed by atoms with Crippen molar-refractivity contribution in [1.29, 1.82) is 0 Å². The molecule has 4 aromatic rings. The van der Waals surface area contributed by atoms with Gasteiger partial charge in [-0.15, -0.1) is 0 Å². The predicted molar refractivity (Wildman–Crippen MR) is 113 cm³/mol. The summed E-state index contributed by atoms with van der Waals surface area (Å²) < 4.78 is 11.0. The van der Waals surface area contributed by atoms with Crippen LogP contribution in [0, 0.1) is 0 Å². The van der Waals surface area contributed by atoms with Crippen LogP contribution in [0.2, 0.25) is 0 Å². The lowest BCUT2D eigenvalue weighted by atomic mass is 9.93. The zero-order valence-corrected chi connectivity index (χ0v) is 15.8. The lowest BCUT2D eigenvalue weighted by Gasteiger charge is -2.14. The molecule has 0 amide bonds. The van der Waals surface area contributed by atoms with Crippen molar-refractivity contribution in [1.82, 2.24) is 0 Å². The molecule has 3 heteroatoms. The molecule has 0 aliphatic carbocycles. The summed E-state index contributed by atoms with van der Waals surface area (Å²) in [6.07, 6.45) is 0.863. The highest BCUT2D eigenvalue weighted by atomic mass is 16.5. The van der Waals surface area contributed by atoms with Crippen LogP contribution >= 0.6 is 0 Å². The third-order valence-corrected chi connectivity index (χ3v) is 4.92. The Hall–Kier alpha value is -3.59. The highest BCUT2D eigenvalue weighted by Gasteiger charge is 2.12. The van der Waals surface area contributed by atoms with Gasteiger partial charge >= 0.3 is 0 Å². The van der Waals surface area contributed by atoms with Crippen molar-refractivity contribution in [2.24, 2.45) is 0 Å². The molecule has 0 unspecified atom stereocenters. The third kappa shape index (κ3) is 3.23. The summed E-state index contributed by atoms with van der Waals surface area (Å²) in [6.45, 7) is 0. The van der Waals surface area contributed by atoms with Crippen molar-refractivity contribution in [2.45, 2.75) is 0 Å². The van der Waals surface area contributed by atoms with Gasteiger partial charge in [0.2, 0.25) is 0 Å². The van der Waals surface area contributed by atoms with Gasteiger partial charge in [0, 0.05) is 11.1 Å². The summed E-state index contributed by atoms with van der Waals surface area (Å²) >= 11 is 0. The van der Waals surface area contributed by atoms with E-state index in [9.17, 15) is 4.79 Å². The van der Waals surface area contributed by atoms with Gasteiger partial charge in [-0.25, -0.2) is 0 Å². The van der Waals surface area contributed by atoms with E-state index in [1.165, 1.54) is 0 Å². The average Bonchev–Trinajstić information content (AvgIpc) is 2.77. The van der Waals surface area contributed by atoms with Crippen molar-refractivity contribution >= 4 is 17.1 Å². The first-order chi connectivity index (χ1) is 13.7. The van der Waals surface area contributed by atoms with E-state index in [1.54, 1.807) is 20.3 Å². The van der Waals surface area contributed by atoms with Crippen molar-refractivity contribution in [3.8, 4) is 33.8 Å². The van der Waals surface area contributed by atoms with Crippen LogP contribution in [-0.4, -0.2) is 20.5 Å². The first-order valence-corrected chi connectivity index (χ1v) is 9.04.